The maximum absolute atomic E-state index is 13.0. The molecule has 0 aliphatic carbocycles. The van der Waals surface area contributed by atoms with Crippen LogP contribution in [0, 0.1) is 11.3 Å². The lowest BCUT2D eigenvalue weighted by atomic mass is 9.68. The van der Waals surface area contributed by atoms with Crippen LogP contribution in [0.15, 0.2) is 30.0 Å². The first-order valence-electron chi connectivity index (χ1n) is 11.3. The molecule has 1 aliphatic rings. The predicted molar refractivity (Wildman–Crippen MR) is 127 cm³/mol. The first-order chi connectivity index (χ1) is 14.4. The molecule has 31 heavy (non-hydrogen) atoms. The fourth-order valence-electron chi connectivity index (χ4n) is 4.18. The number of hydrogen-bond acceptors (Lipinski definition) is 3. The SMILES string of the molecule is CCOC(=O)CCN1C=C(C(C)C)C(C)(c2ccc(CCC(C)(C)C)c(Cl)c2)CC1=O. The van der Waals surface area contributed by atoms with Crippen LogP contribution in [0.1, 0.15) is 78.9 Å². The highest BCUT2D eigenvalue weighted by Crippen LogP contribution is 2.43. The lowest BCUT2D eigenvalue weighted by Crippen LogP contribution is -2.42. The summed E-state index contributed by atoms with van der Waals surface area (Å²) in [5.74, 6) is -0.00701. The molecule has 1 atom stereocenters. The number of rotatable bonds is 8. The van der Waals surface area contributed by atoms with Crippen molar-refractivity contribution in [2.24, 2.45) is 11.3 Å². The van der Waals surface area contributed by atoms with Crippen LogP contribution < -0.4 is 0 Å². The standard InChI is InChI=1S/C26H38ClNO3/c1-8-31-24(30)12-14-28-17-21(18(2)3)26(7,16-23(28)29)20-10-9-19(22(27)15-20)11-13-25(4,5)6/h9-10,15,17-18H,8,11-14,16H2,1-7H3. The fourth-order valence-corrected chi connectivity index (χ4v) is 4.46. The number of carbonyl (C=O) groups is 2. The number of nitrogens with zero attached hydrogens (tertiary/aromatic N) is 1. The highest BCUT2D eigenvalue weighted by Gasteiger charge is 2.40. The Morgan fingerprint density at radius 3 is 2.52 bits per heavy atom. The molecule has 4 nitrogen and oxygen atoms in total. The summed E-state index contributed by atoms with van der Waals surface area (Å²) in [4.78, 5) is 26.4. The average molecular weight is 448 g/mol. The number of amides is 1. The average Bonchev–Trinajstić information content (AvgIpc) is 2.65. The van der Waals surface area contributed by atoms with Crippen LogP contribution in [0.3, 0.4) is 0 Å². The minimum Gasteiger partial charge on any atom is -0.466 e. The van der Waals surface area contributed by atoms with E-state index in [1.54, 1.807) is 11.8 Å². The zero-order chi connectivity index (χ0) is 23.4. The molecule has 0 bridgehead atoms. The van der Waals surface area contributed by atoms with Crippen LogP contribution in [0.4, 0.5) is 0 Å². The number of halogens is 1. The van der Waals surface area contributed by atoms with Gasteiger partial charge in [-0.25, -0.2) is 0 Å². The third kappa shape index (κ3) is 6.58. The Bertz CT molecular complexity index is 838. The van der Waals surface area contributed by atoms with E-state index in [4.69, 9.17) is 16.3 Å². The lowest BCUT2D eigenvalue weighted by molar-refractivity contribution is -0.143. The van der Waals surface area contributed by atoms with Gasteiger partial charge in [-0.1, -0.05) is 65.3 Å². The van der Waals surface area contributed by atoms with Crippen molar-refractivity contribution < 1.29 is 14.3 Å². The Balaban J connectivity index is 2.30. The first-order valence-corrected chi connectivity index (χ1v) is 11.7. The summed E-state index contributed by atoms with van der Waals surface area (Å²) in [7, 11) is 0. The largest absolute Gasteiger partial charge is 0.466 e. The Morgan fingerprint density at radius 2 is 1.97 bits per heavy atom. The van der Waals surface area contributed by atoms with E-state index in [0.29, 0.717) is 19.6 Å². The molecule has 0 radical (unpaired) electrons. The summed E-state index contributed by atoms with van der Waals surface area (Å²) >= 11 is 6.68. The van der Waals surface area contributed by atoms with Crippen LogP contribution in [0.2, 0.25) is 5.02 Å². The fraction of sp³-hybridized carbons (Fsp3) is 0.615. The van der Waals surface area contributed by atoms with E-state index < -0.39 is 5.41 Å². The van der Waals surface area contributed by atoms with E-state index >= 15 is 0 Å². The number of esters is 1. The number of allylic oxidation sites excluding steroid dienone is 1. The summed E-state index contributed by atoms with van der Waals surface area (Å²) in [5.41, 5.74) is 3.23. The number of hydrogen-bond donors (Lipinski definition) is 0. The number of aryl methyl sites for hydroxylation is 1. The minimum absolute atomic E-state index is 0.0177. The molecule has 0 N–H and O–H groups in total. The molecule has 0 saturated heterocycles. The van der Waals surface area contributed by atoms with Gasteiger partial charge in [0.05, 0.1) is 13.0 Å². The molecule has 172 valence electrons. The summed E-state index contributed by atoms with van der Waals surface area (Å²) in [6.45, 7) is 15.6. The van der Waals surface area contributed by atoms with Crippen LogP contribution in [-0.4, -0.2) is 29.9 Å². The van der Waals surface area contributed by atoms with Crippen molar-refractivity contribution in [3.05, 3.63) is 46.1 Å². The van der Waals surface area contributed by atoms with E-state index in [0.717, 1.165) is 29.0 Å². The lowest BCUT2D eigenvalue weighted by Gasteiger charge is -2.41. The van der Waals surface area contributed by atoms with Crippen LogP contribution >= 0.6 is 11.6 Å². The monoisotopic (exact) mass is 447 g/mol. The molecule has 1 aromatic carbocycles. The zero-order valence-electron chi connectivity index (χ0n) is 20.2. The van der Waals surface area contributed by atoms with Crippen molar-refractivity contribution in [1.82, 2.24) is 4.90 Å². The van der Waals surface area contributed by atoms with E-state index in [-0.39, 0.29) is 29.6 Å². The number of ether oxygens (including phenoxy) is 1. The molecule has 1 amide bonds. The molecule has 0 saturated carbocycles. The van der Waals surface area contributed by atoms with Gasteiger partial charge < -0.3 is 9.64 Å². The summed E-state index contributed by atoms with van der Waals surface area (Å²) in [6.07, 6.45) is 4.50. The second-order valence-electron chi connectivity index (χ2n) is 10.3. The van der Waals surface area contributed by atoms with Gasteiger partial charge in [-0.05, 0) is 53.9 Å². The van der Waals surface area contributed by atoms with Crippen molar-refractivity contribution >= 4 is 23.5 Å². The third-order valence-corrected chi connectivity index (χ3v) is 6.43. The highest BCUT2D eigenvalue weighted by atomic mass is 35.5. The first kappa shape index (κ1) is 25.5. The van der Waals surface area contributed by atoms with E-state index in [9.17, 15) is 9.59 Å². The van der Waals surface area contributed by atoms with Gasteiger partial charge in [0.1, 0.15) is 0 Å². The predicted octanol–water partition coefficient (Wildman–Crippen LogP) is 6.30. The van der Waals surface area contributed by atoms with Crippen molar-refractivity contribution in [1.29, 1.82) is 0 Å². The van der Waals surface area contributed by atoms with E-state index in [2.05, 4.69) is 53.7 Å². The Labute approximate surface area is 193 Å². The summed E-state index contributed by atoms with van der Waals surface area (Å²) < 4.78 is 5.01. The topological polar surface area (TPSA) is 46.6 Å². The van der Waals surface area contributed by atoms with Crippen molar-refractivity contribution in [3.8, 4) is 0 Å². The second kappa shape index (κ2) is 10.2. The minimum atomic E-state index is -0.419. The quantitative estimate of drug-likeness (QED) is 0.439. The van der Waals surface area contributed by atoms with Crippen LogP contribution in [0.25, 0.3) is 0 Å². The molecule has 1 heterocycles. The molecular formula is C26H38ClNO3. The van der Waals surface area contributed by atoms with Crippen molar-refractivity contribution in [2.45, 2.75) is 79.6 Å². The molecule has 0 fully saturated rings. The summed E-state index contributed by atoms with van der Waals surface area (Å²) in [6, 6.07) is 6.28. The molecule has 2 rings (SSSR count). The third-order valence-electron chi connectivity index (χ3n) is 6.08. The Morgan fingerprint density at radius 1 is 1.29 bits per heavy atom. The van der Waals surface area contributed by atoms with E-state index in [1.165, 1.54) is 5.57 Å². The second-order valence-corrected chi connectivity index (χ2v) is 10.7. The molecule has 5 heteroatoms. The van der Waals surface area contributed by atoms with Gasteiger partial charge in [-0.3, -0.25) is 9.59 Å². The van der Waals surface area contributed by atoms with Crippen molar-refractivity contribution in [2.75, 3.05) is 13.2 Å². The van der Waals surface area contributed by atoms with Crippen LogP contribution in [0.5, 0.6) is 0 Å². The maximum Gasteiger partial charge on any atom is 0.307 e. The normalized spacial score (nSPS) is 19.6. The van der Waals surface area contributed by atoms with Gasteiger partial charge in [0.25, 0.3) is 0 Å². The zero-order valence-corrected chi connectivity index (χ0v) is 20.9. The molecule has 1 unspecified atom stereocenters. The molecule has 1 aliphatic heterocycles. The maximum atomic E-state index is 13.0. The molecular weight excluding hydrogens is 410 g/mol. The van der Waals surface area contributed by atoms with Crippen molar-refractivity contribution in [3.63, 3.8) is 0 Å². The number of benzene rings is 1. The van der Waals surface area contributed by atoms with Gasteiger partial charge in [-0.15, -0.1) is 0 Å². The smallest absolute Gasteiger partial charge is 0.307 e. The Hall–Kier alpha value is -1.81. The molecule has 0 spiro atoms. The van der Waals surface area contributed by atoms with Gasteiger partial charge in [0.2, 0.25) is 5.91 Å². The molecule has 1 aromatic rings. The Kier molecular flexibility index (Phi) is 8.38. The van der Waals surface area contributed by atoms with Gasteiger partial charge in [0.15, 0.2) is 0 Å². The highest BCUT2D eigenvalue weighted by molar-refractivity contribution is 6.31. The number of carbonyl (C=O) groups excluding carboxylic acids is 2. The van der Waals surface area contributed by atoms with Gasteiger partial charge in [-0.2, -0.15) is 0 Å². The van der Waals surface area contributed by atoms with Gasteiger partial charge >= 0.3 is 5.97 Å². The van der Waals surface area contributed by atoms with Crippen LogP contribution in [-0.2, 0) is 26.2 Å². The van der Waals surface area contributed by atoms with Gasteiger partial charge in [0, 0.05) is 29.6 Å². The van der Waals surface area contributed by atoms with E-state index in [1.807, 2.05) is 12.3 Å². The summed E-state index contributed by atoms with van der Waals surface area (Å²) in [5, 5.41) is 0.767. The molecule has 0 aromatic heterocycles.